The van der Waals surface area contributed by atoms with E-state index in [-0.39, 0.29) is 6.10 Å². The third-order valence-corrected chi connectivity index (χ3v) is 4.97. The molecule has 1 aromatic carbocycles. The predicted octanol–water partition coefficient (Wildman–Crippen LogP) is 2.61. The van der Waals surface area contributed by atoms with Crippen molar-refractivity contribution in [1.82, 2.24) is 25.0 Å². The van der Waals surface area contributed by atoms with Crippen LogP contribution in [-0.4, -0.2) is 64.5 Å². The molecule has 0 radical (unpaired) electrons. The van der Waals surface area contributed by atoms with Gasteiger partial charge in [-0.1, -0.05) is 18.1 Å². The second-order valence-corrected chi connectivity index (χ2v) is 7.17. The van der Waals surface area contributed by atoms with Gasteiger partial charge in [0, 0.05) is 20.3 Å². The summed E-state index contributed by atoms with van der Waals surface area (Å²) in [5, 5.41) is 11.8. The van der Waals surface area contributed by atoms with E-state index < -0.39 is 0 Å². The number of ether oxygens (including phenoxy) is 3. The topological polar surface area (TPSA) is 96.2 Å². The van der Waals surface area contributed by atoms with Crippen molar-refractivity contribution in [1.29, 1.82) is 0 Å². The number of methoxy groups -OCH3 is 2. The van der Waals surface area contributed by atoms with Crippen LogP contribution in [0.1, 0.15) is 25.7 Å². The Morgan fingerprint density at radius 1 is 1.10 bits per heavy atom. The molecule has 0 amide bonds. The highest BCUT2D eigenvalue weighted by Crippen LogP contribution is 2.22. The van der Waals surface area contributed by atoms with Crippen LogP contribution in [0.5, 0.6) is 5.75 Å². The standard InChI is InChI=1S/C20H26N6O3/c1-27-12-17(13-28-2)29-16-9-7-15(8-10-16)26-19-18(24-25-26)11-21-20(23-19)22-14-5-3-4-6-14/h7-11,14,17H,3-6,12-13H2,1-2H3,(H,21,22,23). The smallest absolute Gasteiger partial charge is 0.225 e. The van der Waals surface area contributed by atoms with E-state index in [1.807, 2.05) is 24.3 Å². The largest absolute Gasteiger partial charge is 0.486 e. The summed E-state index contributed by atoms with van der Waals surface area (Å²) >= 11 is 0. The molecule has 9 heteroatoms. The Labute approximate surface area is 169 Å². The van der Waals surface area contributed by atoms with Gasteiger partial charge in [-0.25, -0.2) is 4.98 Å². The molecule has 154 valence electrons. The maximum Gasteiger partial charge on any atom is 0.225 e. The number of fused-ring (bicyclic) bond motifs is 1. The van der Waals surface area contributed by atoms with Crippen molar-refractivity contribution in [2.45, 2.75) is 37.8 Å². The number of aromatic nitrogens is 5. The van der Waals surface area contributed by atoms with Gasteiger partial charge in [-0.15, -0.1) is 5.10 Å². The van der Waals surface area contributed by atoms with Crippen molar-refractivity contribution in [2.24, 2.45) is 0 Å². The summed E-state index contributed by atoms with van der Waals surface area (Å²) in [6.45, 7) is 0.911. The van der Waals surface area contributed by atoms with Crippen LogP contribution in [0.25, 0.3) is 16.9 Å². The molecule has 0 aliphatic heterocycles. The third kappa shape index (κ3) is 4.63. The van der Waals surface area contributed by atoms with Gasteiger partial charge in [-0.2, -0.15) is 9.67 Å². The van der Waals surface area contributed by atoms with Crippen molar-refractivity contribution < 1.29 is 14.2 Å². The van der Waals surface area contributed by atoms with Gasteiger partial charge in [0.15, 0.2) is 11.2 Å². The van der Waals surface area contributed by atoms with Gasteiger partial charge < -0.3 is 19.5 Å². The minimum atomic E-state index is -0.167. The lowest BCUT2D eigenvalue weighted by Crippen LogP contribution is -2.27. The number of benzene rings is 1. The fourth-order valence-electron chi connectivity index (χ4n) is 3.57. The molecule has 4 rings (SSSR count). The first kappa shape index (κ1) is 19.5. The van der Waals surface area contributed by atoms with E-state index in [0.29, 0.717) is 36.4 Å². The molecule has 1 saturated carbocycles. The molecular weight excluding hydrogens is 372 g/mol. The van der Waals surface area contributed by atoms with Crippen molar-refractivity contribution in [3.8, 4) is 11.4 Å². The molecule has 1 N–H and O–H groups in total. The molecule has 0 atom stereocenters. The van der Waals surface area contributed by atoms with Gasteiger partial charge in [-0.05, 0) is 37.1 Å². The number of anilines is 1. The zero-order valence-corrected chi connectivity index (χ0v) is 16.7. The maximum absolute atomic E-state index is 5.92. The SMILES string of the molecule is COCC(COC)Oc1ccc(-n2nnc3cnc(NC4CCCC4)nc32)cc1. The van der Waals surface area contributed by atoms with Gasteiger partial charge in [-0.3, -0.25) is 0 Å². The van der Waals surface area contributed by atoms with Gasteiger partial charge in [0.1, 0.15) is 11.9 Å². The van der Waals surface area contributed by atoms with Crippen LogP contribution in [0, 0.1) is 0 Å². The molecule has 1 aliphatic rings. The van der Waals surface area contributed by atoms with Crippen molar-refractivity contribution in [3.05, 3.63) is 30.5 Å². The summed E-state index contributed by atoms with van der Waals surface area (Å²) in [4.78, 5) is 9.02. The number of hydrogen-bond donors (Lipinski definition) is 1. The summed E-state index contributed by atoms with van der Waals surface area (Å²) < 4.78 is 18.0. The Kier molecular flexibility index (Phi) is 6.16. The van der Waals surface area contributed by atoms with Crippen LogP contribution in [0.2, 0.25) is 0 Å². The van der Waals surface area contributed by atoms with Crippen LogP contribution >= 0.6 is 0 Å². The molecule has 1 fully saturated rings. The Hall–Kier alpha value is -2.78. The minimum Gasteiger partial charge on any atom is -0.486 e. The van der Waals surface area contributed by atoms with Crippen LogP contribution < -0.4 is 10.1 Å². The monoisotopic (exact) mass is 398 g/mol. The number of nitrogens with zero attached hydrogens (tertiary/aromatic N) is 5. The van der Waals surface area contributed by atoms with Crippen LogP contribution in [0.15, 0.2) is 30.5 Å². The van der Waals surface area contributed by atoms with E-state index in [4.69, 9.17) is 14.2 Å². The number of hydrogen-bond acceptors (Lipinski definition) is 8. The first-order valence-electron chi connectivity index (χ1n) is 9.87. The zero-order chi connectivity index (χ0) is 20.1. The molecule has 2 heterocycles. The first-order chi connectivity index (χ1) is 14.3. The molecule has 0 spiro atoms. The van der Waals surface area contributed by atoms with Crippen LogP contribution in [0.3, 0.4) is 0 Å². The quantitative estimate of drug-likeness (QED) is 0.588. The Bertz CT molecular complexity index is 918. The second-order valence-electron chi connectivity index (χ2n) is 7.17. The Balaban J connectivity index is 1.52. The van der Waals surface area contributed by atoms with Crippen LogP contribution in [-0.2, 0) is 9.47 Å². The molecule has 9 nitrogen and oxygen atoms in total. The lowest BCUT2D eigenvalue weighted by Gasteiger charge is -2.17. The van der Waals surface area contributed by atoms with E-state index in [2.05, 4.69) is 25.6 Å². The molecule has 1 aliphatic carbocycles. The number of nitrogens with one attached hydrogen (secondary N) is 1. The minimum absolute atomic E-state index is 0.167. The van der Waals surface area contributed by atoms with Crippen molar-refractivity contribution >= 4 is 17.1 Å². The molecule has 2 aromatic heterocycles. The maximum atomic E-state index is 5.92. The molecule has 29 heavy (non-hydrogen) atoms. The van der Waals surface area contributed by atoms with Crippen molar-refractivity contribution in [3.63, 3.8) is 0 Å². The molecule has 0 bridgehead atoms. The molecule has 3 aromatic rings. The van der Waals surface area contributed by atoms with Crippen LogP contribution in [0.4, 0.5) is 5.95 Å². The fourth-order valence-corrected chi connectivity index (χ4v) is 3.57. The zero-order valence-electron chi connectivity index (χ0n) is 16.7. The summed E-state index contributed by atoms with van der Waals surface area (Å²) in [6.07, 6.45) is 6.37. The average Bonchev–Trinajstić information content (AvgIpc) is 3.39. The van der Waals surface area contributed by atoms with E-state index >= 15 is 0 Å². The normalized spacial score (nSPS) is 14.7. The Morgan fingerprint density at radius 3 is 2.52 bits per heavy atom. The van der Waals surface area contributed by atoms with Gasteiger partial charge in [0.2, 0.25) is 5.95 Å². The van der Waals surface area contributed by atoms with Gasteiger partial charge >= 0.3 is 0 Å². The lowest BCUT2D eigenvalue weighted by atomic mass is 10.2. The average molecular weight is 398 g/mol. The Morgan fingerprint density at radius 2 is 1.83 bits per heavy atom. The van der Waals surface area contributed by atoms with E-state index in [0.717, 1.165) is 24.3 Å². The first-order valence-corrected chi connectivity index (χ1v) is 9.87. The van der Waals surface area contributed by atoms with Gasteiger partial charge in [0.25, 0.3) is 0 Å². The summed E-state index contributed by atoms with van der Waals surface area (Å²) in [7, 11) is 3.28. The summed E-state index contributed by atoms with van der Waals surface area (Å²) in [5.74, 6) is 1.35. The highest BCUT2D eigenvalue weighted by atomic mass is 16.6. The lowest BCUT2D eigenvalue weighted by molar-refractivity contribution is 0.0245. The second kappa shape index (κ2) is 9.15. The molecule has 0 saturated heterocycles. The number of rotatable bonds is 9. The van der Waals surface area contributed by atoms with E-state index in [1.54, 1.807) is 25.1 Å². The highest BCUT2D eigenvalue weighted by molar-refractivity contribution is 5.72. The highest BCUT2D eigenvalue weighted by Gasteiger charge is 2.17. The fraction of sp³-hybridized carbons (Fsp3) is 0.500. The van der Waals surface area contributed by atoms with E-state index in [9.17, 15) is 0 Å². The van der Waals surface area contributed by atoms with Crippen molar-refractivity contribution in [2.75, 3.05) is 32.8 Å². The molecular formula is C20H26N6O3. The predicted molar refractivity (Wildman–Crippen MR) is 109 cm³/mol. The summed E-state index contributed by atoms with van der Waals surface area (Å²) in [5.41, 5.74) is 2.17. The van der Waals surface area contributed by atoms with Gasteiger partial charge in [0.05, 0.1) is 25.1 Å². The molecule has 0 unspecified atom stereocenters. The summed E-state index contributed by atoms with van der Waals surface area (Å²) in [6, 6.07) is 8.07. The van der Waals surface area contributed by atoms with E-state index in [1.165, 1.54) is 12.8 Å². The third-order valence-electron chi connectivity index (χ3n) is 4.97.